The third-order valence-corrected chi connectivity index (χ3v) is 4.32. The molecule has 0 fully saturated rings. The van der Waals surface area contributed by atoms with Crippen LogP contribution in [0.3, 0.4) is 0 Å². The zero-order valence-corrected chi connectivity index (χ0v) is 14.7. The second kappa shape index (κ2) is 6.61. The summed E-state index contributed by atoms with van der Waals surface area (Å²) in [5.41, 5.74) is 4.53. The van der Waals surface area contributed by atoms with Gasteiger partial charge in [-0.1, -0.05) is 29.8 Å². The number of amides is 1. The second-order valence-corrected chi connectivity index (χ2v) is 6.38. The molecule has 1 aromatic heterocycles. The monoisotopic (exact) mass is 362 g/mol. The minimum absolute atomic E-state index is 0.154. The number of carbonyl (C=O) groups excluding carboxylic acids is 1. The Kier molecular flexibility index (Phi) is 4.14. The molecule has 128 valence electrons. The molecule has 4 aromatic rings. The third kappa shape index (κ3) is 3.17. The highest BCUT2D eigenvalue weighted by atomic mass is 35.5. The van der Waals surface area contributed by atoms with Crippen molar-refractivity contribution in [3.63, 3.8) is 0 Å². The summed E-state index contributed by atoms with van der Waals surface area (Å²) in [6.07, 6.45) is 0. The number of hydrogen-bond donors (Lipinski definition) is 1. The fourth-order valence-corrected chi connectivity index (χ4v) is 2.80. The van der Waals surface area contributed by atoms with E-state index in [1.807, 2.05) is 49.4 Å². The van der Waals surface area contributed by atoms with Gasteiger partial charge in [0.1, 0.15) is 11.0 Å². The van der Waals surface area contributed by atoms with Crippen molar-refractivity contribution in [2.75, 3.05) is 5.32 Å². The molecule has 3 aromatic carbocycles. The molecular weight excluding hydrogens is 348 g/mol. The molecule has 0 bridgehead atoms. The number of benzene rings is 3. The van der Waals surface area contributed by atoms with Crippen LogP contribution in [-0.4, -0.2) is 20.9 Å². The van der Waals surface area contributed by atoms with E-state index in [-0.39, 0.29) is 5.91 Å². The van der Waals surface area contributed by atoms with Crippen LogP contribution in [0.4, 0.5) is 5.69 Å². The lowest BCUT2D eigenvalue weighted by Crippen LogP contribution is -2.12. The minimum Gasteiger partial charge on any atom is -0.322 e. The highest BCUT2D eigenvalue weighted by molar-refractivity contribution is 6.30. The van der Waals surface area contributed by atoms with Crippen LogP contribution >= 0.6 is 11.6 Å². The Balaban J connectivity index is 1.67. The molecule has 0 aliphatic carbocycles. The maximum Gasteiger partial charge on any atom is 0.255 e. The molecular formula is C20H15ClN4O. The van der Waals surface area contributed by atoms with Crippen molar-refractivity contribution < 1.29 is 4.79 Å². The molecule has 0 saturated carbocycles. The van der Waals surface area contributed by atoms with E-state index in [1.165, 1.54) is 0 Å². The lowest BCUT2D eigenvalue weighted by atomic mass is 10.1. The van der Waals surface area contributed by atoms with Crippen molar-refractivity contribution >= 4 is 34.2 Å². The molecule has 0 radical (unpaired) electrons. The van der Waals surface area contributed by atoms with E-state index in [4.69, 9.17) is 11.6 Å². The Morgan fingerprint density at radius 2 is 1.62 bits per heavy atom. The van der Waals surface area contributed by atoms with Gasteiger partial charge in [0.25, 0.3) is 5.91 Å². The number of nitrogens with one attached hydrogen (secondary N) is 1. The second-order valence-electron chi connectivity index (χ2n) is 5.94. The standard InChI is InChI=1S/C20H15ClN4O/c1-13-11-18-19(24-25(23-18)16-9-7-15(21)8-10-16)12-17(13)22-20(26)14-5-3-2-4-6-14/h2-12H,1H3,(H,22,26). The van der Waals surface area contributed by atoms with Crippen molar-refractivity contribution in [3.05, 3.63) is 82.9 Å². The maximum absolute atomic E-state index is 12.4. The quantitative estimate of drug-likeness (QED) is 0.577. The van der Waals surface area contributed by atoms with Gasteiger partial charge in [-0.05, 0) is 61.0 Å². The number of hydrogen-bond acceptors (Lipinski definition) is 3. The average molecular weight is 363 g/mol. The zero-order chi connectivity index (χ0) is 18.1. The summed E-state index contributed by atoms with van der Waals surface area (Å²) in [4.78, 5) is 14.0. The number of aryl methyl sites for hydroxylation is 1. The summed E-state index contributed by atoms with van der Waals surface area (Å²) in [7, 11) is 0. The maximum atomic E-state index is 12.4. The highest BCUT2D eigenvalue weighted by Crippen LogP contribution is 2.23. The van der Waals surface area contributed by atoms with Crippen LogP contribution in [0.2, 0.25) is 5.02 Å². The van der Waals surface area contributed by atoms with Gasteiger partial charge in [0.15, 0.2) is 0 Å². The number of carbonyl (C=O) groups is 1. The van der Waals surface area contributed by atoms with Crippen LogP contribution in [-0.2, 0) is 0 Å². The smallest absolute Gasteiger partial charge is 0.255 e. The van der Waals surface area contributed by atoms with Gasteiger partial charge in [0.2, 0.25) is 0 Å². The molecule has 1 N–H and O–H groups in total. The molecule has 26 heavy (non-hydrogen) atoms. The number of halogens is 1. The predicted octanol–water partition coefficient (Wildman–Crippen LogP) is 4.63. The lowest BCUT2D eigenvalue weighted by Gasteiger charge is -2.08. The van der Waals surface area contributed by atoms with Gasteiger partial charge in [-0.2, -0.15) is 4.80 Å². The predicted molar refractivity (Wildman–Crippen MR) is 103 cm³/mol. The Hall–Kier alpha value is -3.18. The first-order valence-electron chi connectivity index (χ1n) is 8.10. The summed E-state index contributed by atoms with van der Waals surface area (Å²) in [6.45, 7) is 1.93. The van der Waals surface area contributed by atoms with Crippen molar-refractivity contribution in [2.24, 2.45) is 0 Å². The summed E-state index contributed by atoms with van der Waals surface area (Å²) in [5.74, 6) is -0.154. The van der Waals surface area contributed by atoms with Gasteiger partial charge in [0.05, 0.1) is 5.69 Å². The average Bonchev–Trinajstić information content (AvgIpc) is 3.06. The molecule has 0 aliphatic heterocycles. The summed E-state index contributed by atoms with van der Waals surface area (Å²) in [5, 5.41) is 12.6. The van der Waals surface area contributed by atoms with E-state index >= 15 is 0 Å². The summed E-state index contributed by atoms with van der Waals surface area (Å²) in [6, 6.07) is 20.1. The van der Waals surface area contributed by atoms with E-state index < -0.39 is 0 Å². The number of nitrogens with zero attached hydrogens (tertiary/aromatic N) is 3. The first-order valence-corrected chi connectivity index (χ1v) is 8.48. The minimum atomic E-state index is -0.154. The van der Waals surface area contributed by atoms with Gasteiger partial charge in [-0.25, -0.2) is 0 Å². The Labute approximate surface area is 155 Å². The summed E-state index contributed by atoms with van der Waals surface area (Å²) >= 11 is 5.93. The molecule has 0 atom stereocenters. The summed E-state index contributed by atoms with van der Waals surface area (Å²) < 4.78 is 0. The van der Waals surface area contributed by atoms with Gasteiger partial charge in [-0.3, -0.25) is 4.79 Å². The number of anilines is 1. The van der Waals surface area contributed by atoms with E-state index in [1.54, 1.807) is 29.1 Å². The van der Waals surface area contributed by atoms with E-state index in [9.17, 15) is 4.79 Å². The van der Waals surface area contributed by atoms with Crippen LogP contribution in [0.15, 0.2) is 66.7 Å². The van der Waals surface area contributed by atoms with Crippen molar-refractivity contribution in [2.45, 2.75) is 6.92 Å². The molecule has 0 unspecified atom stereocenters. The molecule has 1 heterocycles. The zero-order valence-electron chi connectivity index (χ0n) is 14.0. The Morgan fingerprint density at radius 3 is 2.31 bits per heavy atom. The SMILES string of the molecule is Cc1cc2nn(-c3ccc(Cl)cc3)nc2cc1NC(=O)c1ccccc1. The van der Waals surface area contributed by atoms with Crippen LogP contribution in [0, 0.1) is 6.92 Å². The molecule has 1 amide bonds. The van der Waals surface area contributed by atoms with Crippen LogP contribution < -0.4 is 5.32 Å². The van der Waals surface area contributed by atoms with Crippen molar-refractivity contribution in [3.8, 4) is 5.69 Å². The Bertz CT molecular complexity index is 1090. The fraction of sp³-hybridized carbons (Fsp3) is 0.0500. The number of aromatic nitrogens is 3. The van der Waals surface area contributed by atoms with E-state index in [0.717, 1.165) is 22.5 Å². The largest absolute Gasteiger partial charge is 0.322 e. The van der Waals surface area contributed by atoms with E-state index in [2.05, 4.69) is 15.5 Å². The third-order valence-electron chi connectivity index (χ3n) is 4.07. The van der Waals surface area contributed by atoms with Crippen molar-refractivity contribution in [1.82, 2.24) is 15.0 Å². The van der Waals surface area contributed by atoms with Gasteiger partial charge in [-0.15, -0.1) is 10.2 Å². The van der Waals surface area contributed by atoms with Crippen LogP contribution in [0.1, 0.15) is 15.9 Å². The number of fused-ring (bicyclic) bond motifs is 1. The first kappa shape index (κ1) is 16.3. The lowest BCUT2D eigenvalue weighted by molar-refractivity contribution is 0.102. The molecule has 5 nitrogen and oxygen atoms in total. The van der Waals surface area contributed by atoms with Crippen LogP contribution in [0.5, 0.6) is 0 Å². The molecule has 6 heteroatoms. The normalized spacial score (nSPS) is 10.8. The molecule has 0 spiro atoms. The van der Waals surface area contributed by atoms with Crippen molar-refractivity contribution in [1.29, 1.82) is 0 Å². The van der Waals surface area contributed by atoms with E-state index in [0.29, 0.717) is 16.1 Å². The van der Waals surface area contributed by atoms with Gasteiger partial charge in [0, 0.05) is 16.3 Å². The Morgan fingerprint density at radius 1 is 0.962 bits per heavy atom. The number of rotatable bonds is 3. The fourth-order valence-electron chi connectivity index (χ4n) is 2.68. The topological polar surface area (TPSA) is 59.8 Å². The highest BCUT2D eigenvalue weighted by Gasteiger charge is 2.11. The molecule has 0 aliphatic rings. The molecule has 0 saturated heterocycles. The first-order chi connectivity index (χ1) is 12.6. The van der Waals surface area contributed by atoms with Gasteiger partial charge < -0.3 is 5.32 Å². The van der Waals surface area contributed by atoms with Gasteiger partial charge >= 0.3 is 0 Å². The molecule has 4 rings (SSSR count). The van der Waals surface area contributed by atoms with Crippen LogP contribution in [0.25, 0.3) is 16.7 Å².